The lowest BCUT2D eigenvalue weighted by Gasteiger charge is -2.36. The van der Waals surface area contributed by atoms with Gasteiger partial charge in [-0.15, -0.1) is 0 Å². The third-order valence-electron chi connectivity index (χ3n) is 6.27. The van der Waals surface area contributed by atoms with E-state index >= 15 is 0 Å². The molecule has 2 N–H and O–H groups in total. The van der Waals surface area contributed by atoms with Crippen molar-refractivity contribution in [1.29, 1.82) is 0 Å². The highest BCUT2D eigenvalue weighted by Crippen LogP contribution is 2.25. The summed E-state index contributed by atoms with van der Waals surface area (Å²) in [5, 5.41) is 6.02. The summed E-state index contributed by atoms with van der Waals surface area (Å²) in [6, 6.07) is 20.4. The first kappa shape index (κ1) is 26.0. The van der Waals surface area contributed by atoms with Crippen LogP contribution in [0.4, 0.5) is 11.4 Å². The fraction of sp³-hybridized carbons (Fsp3) is 0.250. The predicted molar refractivity (Wildman–Crippen MR) is 149 cm³/mol. The van der Waals surface area contributed by atoms with Gasteiger partial charge in [0.05, 0.1) is 14.2 Å². The van der Waals surface area contributed by atoms with Crippen molar-refractivity contribution in [3.63, 3.8) is 0 Å². The first-order valence-electron chi connectivity index (χ1n) is 11.9. The van der Waals surface area contributed by atoms with Crippen molar-refractivity contribution in [3.8, 4) is 11.5 Å². The molecule has 4 rings (SSSR count). The Morgan fingerprint density at radius 3 is 2.08 bits per heavy atom. The van der Waals surface area contributed by atoms with Crippen LogP contribution in [0.3, 0.4) is 0 Å². The molecular formula is C28H30N4O4S. The third-order valence-corrected chi connectivity index (χ3v) is 6.48. The van der Waals surface area contributed by atoms with Gasteiger partial charge >= 0.3 is 0 Å². The second-order valence-corrected chi connectivity index (χ2v) is 9.06. The van der Waals surface area contributed by atoms with Gasteiger partial charge < -0.3 is 24.6 Å². The summed E-state index contributed by atoms with van der Waals surface area (Å²) in [7, 11) is 3.13. The lowest BCUT2D eigenvalue weighted by atomic mass is 10.1. The molecule has 0 radical (unpaired) electrons. The van der Waals surface area contributed by atoms with Crippen LogP contribution in [0, 0.1) is 6.92 Å². The van der Waals surface area contributed by atoms with E-state index < -0.39 is 0 Å². The van der Waals surface area contributed by atoms with Crippen LogP contribution in [0.25, 0.3) is 0 Å². The topological polar surface area (TPSA) is 83.1 Å². The van der Waals surface area contributed by atoms with E-state index in [4.69, 9.17) is 21.7 Å². The number of nitrogens with zero attached hydrogens (tertiary/aromatic N) is 2. The van der Waals surface area contributed by atoms with Crippen molar-refractivity contribution < 1.29 is 19.1 Å². The average molecular weight is 519 g/mol. The summed E-state index contributed by atoms with van der Waals surface area (Å²) in [6.45, 7) is 4.52. The van der Waals surface area contributed by atoms with Gasteiger partial charge in [0.15, 0.2) is 5.11 Å². The molecule has 1 saturated heterocycles. The highest BCUT2D eigenvalue weighted by Gasteiger charge is 2.23. The summed E-state index contributed by atoms with van der Waals surface area (Å²) < 4.78 is 10.6. The van der Waals surface area contributed by atoms with E-state index in [1.807, 2.05) is 54.3 Å². The molecule has 192 valence electrons. The van der Waals surface area contributed by atoms with Gasteiger partial charge in [-0.25, -0.2) is 0 Å². The number of rotatable bonds is 6. The van der Waals surface area contributed by atoms with E-state index in [0.717, 1.165) is 16.9 Å². The molecule has 0 spiro atoms. The van der Waals surface area contributed by atoms with E-state index in [-0.39, 0.29) is 16.9 Å². The minimum atomic E-state index is -0.243. The molecule has 0 unspecified atom stereocenters. The quantitative estimate of drug-likeness (QED) is 0.476. The van der Waals surface area contributed by atoms with E-state index in [0.29, 0.717) is 48.8 Å². The van der Waals surface area contributed by atoms with Crippen LogP contribution in [-0.2, 0) is 0 Å². The number of carbonyl (C=O) groups is 2. The smallest absolute Gasteiger partial charge is 0.257 e. The molecule has 1 aliphatic rings. The number of methoxy groups -OCH3 is 2. The lowest BCUT2D eigenvalue weighted by molar-refractivity contribution is 0.0745. The zero-order valence-electron chi connectivity index (χ0n) is 21.1. The van der Waals surface area contributed by atoms with Gasteiger partial charge in [0.2, 0.25) is 0 Å². The highest BCUT2D eigenvalue weighted by atomic mass is 32.1. The van der Waals surface area contributed by atoms with Crippen LogP contribution < -0.4 is 25.0 Å². The first-order valence-corrected chi connectivity index (χ1v) is 12.3. The van der Waals surface area contributed by atoms with Crippen LogP contribution in [0.15, 0.2) is 66.7 Å². The maximum Gasteiger partial charge on any atom is 0.257 e. The molecule has 1 aliphatic heterocycles. The maximum atomic E-state index is 13.1. The SMILES string of the molecule is COc1cc(OC)cc(C(=O)N2CCN(c3ccc(NC(=S)NC(=O)c4ccccc4C)cc3)CC2)c1. The second-order valence-electron chi connectivity index (χ2n) is 8.65. The average Bonchev–Trinajstić information content (AvgIpc) is 2.93. The Morgan fingerprint density at radius 1 is 0.865 bits per heavy atom. The molecule has 3 aromatic rings. The Labute approximate surface area is 222 Å². The van der Waals surface area contributed by atoms with Crippen LogP contribution in [0.1, 0.15) is 26.3 Å². The summed E-state index contributed by atoms with van der Waals surface area (Å²) in [5.41, 5.74) is 3.85. The van der Waals surface area contributed by atoms with Crippen molar-refractivity contribution in [2.24, 2.45) is 0 Å². The molecule has 9 heteroatoms. The van der Waals surface area contributed by atoms with Gasteiger partial charge in [0.1, 0.15) is 11.5 Å². The molecule has 0 aliphatic carbocycles. The van der Waals surface area contributed by atoms with E-state index in [2.05, 4.69) is 15.5 Å². The van der Waals surface area contributed by atoms with Crippen LogP contribution in [0.5, 0.6) is 11.5 Å². The van der Waals surface area contributed by atoms with E-state index in [1.165, 1.54) is 0 Å². The lowest BCUT2D eigenvalue weighted by Crippen LogP contribution is -2.48. The van der Waals surface area contributed by atoms with E-state index in [1.54, 1.807) is 38.5 Å². The number of anilines is 2. The Balaban J connectivity index is 1.31. The Morgan fingerprint density at radius 2 is 1.49 bits per heavy atom. The molecule has 37 heavy (non-hydrogen) atoms. The zero-order chi connectivity index (χ0) is 26.4. The summed E-state index contributed by atoms with van der Waals surface area (Å²) in [6.07, 6.45) is 0. The Kier molecular flexibility index (Phi) is 8.25. The fourth-order valence-electron chi connectivity index (χ4n) is 4.20. The van der Waals surface area contributed by atoms with E-state index in [9.17, 15) is 9.59 Å². The zero-order valence-corrected chi connectivity index (χ0v) is 21.9. The Hall–Kier alpha value is -4.11. The standard InChI is InChI=1S/C28H30N4O4S/c1-19-6-4-5-7-25(19)26(33)30-28(37)29-21-8-10-22(11-9-21)31-12-14-32(15-13-31)27(34)20-16-23(35-2)18-24(17-20)36-3/h4-11,16-18H,12-15H2,1-3H3,(H2,29,30,33,37). The van der Waals surface area contributed by atoms with Gasteiger partial charge in [-0.1, -0.05) is 18.2 Å². The number of ether oxygens (including phenoxy) is 2. The molecule has 0 atom stereocenters. The molecule has 0 bridgehead atoms. The predicted octanol–water partition coefficient (Wildman–Crippen LogP) is 4.10. The number of nitrogens with one attached hydrogen (secondary N) is 2. The van der Waals surface area contributed by atoms with Crippen LogP contribution in [-0.4, -0.2) is 62.2 Å². The minimum absolute atomic E-state index is 0.0438. The number of amides is 2. The van der Waals surface area contributed by atoms with Crippen molar-refractivity contribution in [3.05, 3.63) is 83.4 Å². The molecule has 1 heterocycles. The summed E-state index contributed by atoms with van der Waals surface area (Å²) in [4.78, 5) is 29.6. The number of thiocarbonyl (C=S) groups is 1. The van der Waals surface area contributed by atoms with Gasteiger partial charge in [-0.2, -0.15) is 0 Å². The summed E-state index contributed by atoms with van der Waals surface area (Å²) >= 11 is 5.32. The van der Waals surface area contributed by atoms with Crippen LogP contribution >= 0.6 is 12.2 Å². The van der Waals surface area contributed by atoms with Crippen molar-refractivity contribution in [1.82, 2.24) is 10.2 Å². The molecular weight excluding hydrogens is 488 g/mol. The largest absolute Gasteiger partial charge is 0.497 e. The Bertz CT molecular complexity index is 1270. The van der Waals surface area contributed by atoms with Crippen molar-refractivity contribution in [2.45, 2.75) is 6.92 Å². The maximum absolute atomic E-state index is 13.1. The first-order chi connectivity index (χ1) is 17.9. The number of carbonyl (C=O) groups excluding carboxylic acids is 2. The minimum Gasteiger partial charge on any atom is -0.497 e. The number of hydrogen-bond acceptors (Lipinski definition) is 6. The number of piperazine rings is 1. The normalized spacial score (nSPS) is 13.1. The molecule has 0 aromatic heterocycles. The van der Waals surface area contributed by atoms with Gasteiger partial charge in [-0.3, -0.25) is 14.9 Å². The van der Waals surface area contributed by atoms with Gasteiger partial charge in [0.25, 0.3) is 11.8 Å². The highest BCUT2D eigenvalue weighted by molar-refractivity contribution is 7.80. The molecule has 8 nitrogen and oxygen atoms in total. The molecule has 1 fully saturated rings. The molecule has 0 saturated carbocycles. The van der Waals surface area contributed by atoms with Crippen LogP contribution in [0.2, 0.25) is 0 Å². The fourth-order valence-corrected chi connectivity index (χ4v) is 4.41. The number of hydrogen-bond donors (Lipinski definition) is 2. The monoisotopic (exact) mass is 518 g/mol. The third kappa shape index (κ3) is 6.37. The van der Waals surface area contributed by atoms with Crippen molar-refractivity contribution >= 4 is 40.5 Å². The number of benzene rings is 3. The van der Waals surface area contributed by atoms with Gasteiger partial charge in [0, 0.05) is 54.7 Å². The van der Waals surface area contributed by atoms with Gasteiger partial charge in [-0.05, 0) is 67.2 Å². The second kappa shape index (κ2) is 11.7. The molecule has 2 amide bonds. The number of aryl methyl sites for hydroxylation is 1. The molecule has 3 aromatic carbocycles. The summed E-state index contributed by atoms with van der Waals surface area (Å²) in [5.74, 6) is 0.887. The van der Waals surface area contributed by atoms with Crippen molar-refractivity contribution in [2.75, 3.05) is 50.6 Å².